The summed E-state index contributed by atoms with van der Waals surface area (Å²) in [6, 6.07) is 57.8. The van der Waals surface area contributed by atoms with Crippen LogP contribution in [0.2, 0.25) is 0 Å². The van der Waals surface area contributed by atoms with E-state index < -0.39 is 0 Å². The van der Waals surface area contributed by atoms with Crippen molar-refractivity contribution >= 4 is 5.84 Å². The Bertz CT molecular complexity index is 1720. The first-order valence-electron chi connectivity index (χ1n) is 15.0. The van der Waals surface area contributed by atoms with Crippen molar-refractivity contribution in [1.29, 1.82) is 0 Å². The molecule has 0 aliphatic rings. The molecule has 0 aliphatic carbocycles. The van der Waals surface area contributed by atoms with Gasteiger partial charge in [-0.3, -0.25) is 4.99 Å². The third kappa shape index (κ3) is 6.50. The van der Waals surface area contributed by atoms with Gasteiger partial charge in [-0.05, 0) is 70.5 Å². The van der Waals surface area contributed by atoms with Gasteiger partial charge in [0, 0.05) is 11.6 Å². The van der Waals surface area contributed by atoms with E-state index in [4.69, 9.17) is 4.99 Å². The molecular weight excluding hydrogens is 520 g/mol. The van der Waals surface area contributed by atoms with E-state index in [1.54, 1.807) is 0 Å². The molecular formula is C41H36N2. The molecule has 210 valence electrons. The van der Waals surface area contributed by atoms with Crippen molar-refractivity contribution in [2.24, 2.45) is 4.99 Å². The molecule has 2 heteroatoms. The highest BCUT2D eigenvalue weighted by atomic mass is 15.0. The summed E-state index contributed by atoms with van der Waals surface area (Å²) in [6.45, 7) is 4.38. The molecule has 43 heavy (non-hydrogen) atoms. The fourth-order valence-electron chi connectivity index (χ4n) is 5.59. The minimum Gasteiger partial charge on any atom is -0.363 e. The topological polar surface area (TPSA) is 24.4 Å². The third-order valence-electron chi connectivity index (χ3n) is 7.91. The number of hydrogen-bond donors (Lipinski definition) is 1. The van der Waals surface area contributed by atoms with Gasteiger partial charge in [0.1, 0.15) is 5.84 Å². The number of benzene rings is 6. The lowest BCUT2D eigenvalue weighted by Gasteiger charge is -2.25. The van der Waals surface area contributed by atoms with E-state index in [1.807, 2.05) is 0 Å². The Morgan fingerprint density at radius 1 is 0.465 bits per heavy atom. The zero-order valence-corrected chi connectivity index (χ0v) is 24.7. The largest absolute Gasteiger partial charge is 0.363 e. The molecule has 0 aromatic heterocycles. The van der Waals surface area contributed by atoms with E-state index in [9.17, 15) is 0 Å². The van der Waals surface area contributed by atoms with Gasteiger partial charge >= 0.3 is 0 Å². The zero-order chi connectivity index (χ0) is 29.4. The van der Waals surface area contributed by atoms with Crippen LogP contribution in [0.4, 0.5) is 0 Å². The van der Waals surface area contributed by atoms with Gasteiger partial charge < -0.3 is 5.32 Å². The minimum atomic E-state index is -0.0484. The Morgan fingerprint density at radius 2 is 0.860 bits per heavy atom. The van der Waals surface area contributed by atoms with Crippen molar-refractivity contribution in [3.8, 4) is 33.4 Å². The quantitative estimate of drug-likeness (QED) is 0.146. The second kappa shape index (κ2) is 13.2. The predicted octanol–water partition coefficient (Wildman–Crippen LogP) is 10.5. The summed E-state index contributed by atoms with van der Waals surface area (Å²) in [4.78, 5) is 5.46. The smallest absolute Gasteiger partial charge is 0.130 e. The summed E-state index contributed by atoms with van der Waals surface area (Å²) >= 11 is 0. The highest BCUT2D eigenvalue weighted by Gasteiger charge is 2.22. The van der Waals surface area contributed by atoms with Gasteiger partial charge in [-0.2, -0.15) is 0 Å². The van der Waals surface area contributed by atoms with E-state index >= 15 is 0 Å². The summed E-state index contributed by atoms with van der Waals surface area (Å²) in [7, 11) is 0. The van der Waals surface area contributed by atoms with Gasteiger partial charge in [0.2, 0.25) is 0 Å². The molecule has 0 radical (unpaired) electrons. The fourth-order valence-corrected chi connectivity index (χ4v) is 5.59. The predicted molar refractivity (Wildman–Crippen MR) is 182 cm³/mol. The van der Waals surface area contributed by atoms with Gasteiger partial charge in [0.25, 0.3) is 0 Å². The molecule has 0 heterocycles. The summed E-state index contributed by atoms with van der Waals surface area (Å²) < 4.78 is 0. The molecule has 0 saturated carbocycles. The van der Waals surface area contributed by atoms with Crippen LogP contribution < -0.4 is 5.32 Å². The molecule has 0 saturated heterocycles. The van der Waals surface area contributed by atoms with E-state index in [2.05, 4.69) is 183 Å². The van der Waals surface area contributed by atoms with Crippen LogP contribution in [0.1, 0.15) is 42.6 Å². The van der Waals surface area contributed by atoms with Crippen molar-refractivity contribution in [2.75, 3.05) is 0 Å². The van der Waals surface area contributed by atoms with Gasteiger partial charge in [0.15, 0.2) is 0 Å². The van der Waals surface area contributed by atoms with Gasteiger partial charge in [-0.15, -0.1) is 0 Å². The molecule has 0 fully saturated rings. The Morgan fingerprint density at radius 3 is 1.33 bits per heavy atom. The summed E-state index contributed by atoms with van der Waals surface area (Å²) in [5, 5.41) is 3.88. The standard InChI is InChI=1S/C41H36N2/c1-30(32-18-8-3-9-19-32)42-41(43-31(2)33-20-10-4-11-21-33)40-38(35-24-14-6-15-25-35)28-37(34-22-12-5-13-23-34)29-39(40)36-26-16-7-17-27-36/h3-31H,1-2H3,(H,42,43)/t30-,31?/m1/s1. The normalized spacial score (nSPS) is 12.8. The number of aliphatic imine (C=N–C) groups is 1. The van der Waals surface area contributed by atoms with Crippen molar-refractivity contribution in [1.82, 2.24) is 5.32 Å². The average molecular weight is 557 g/mol. The summed E-state index contributed by atoms with van der Waals surface area (Å²) in [5.41, 5.74) is 10.5. The summed E-state index contributed by atoms with van der Waals surface area (Å²) in [6.07, 6.45) is 0. The van der Waals surface area contributed by atoms with E-state index in [0.717, 1.165) is 33.7 Å². The van der Waals surface area contributed by atoms with E-state index in [0.29, 0.717) is 0 Å². The minimum absolute atomic E-state index is 0.0453. The Hall–Kier alpha value is -5.21. The first-order chi connectivity index (χ1) is 21.2. The second-order valence-electron chi connectivity index (χ2n) is 10.9. The number of nitrogens with zero attached hydrogens (tertiary/aromatic N) is 1. The fraction of sp³-hybridized carbons (Fsp3) is 0.0976. The molecule has 2 nitrogen and oxygen atoms in total. The molecule has 1 unspecified atom stereocenters. The average Bonchev–Trinajstić information content (AvgIpc) is 3.09. The molecule has 0 amide bonds. The maximum atomic E-state index is 5.46. The maximum absolute atomic E-state index is 5.46. The molecule has 1 N–H and O–H groups in total. The third-order valence-corrected chi connectivity index (χ3v) is 7.91. The number of amidine groups is 1. The molecule has 6 aromatic carbocycles. The molecule has 0 spiro atoms. The van der Waals surface area contributed by atoms with Crippen molar-refractivity contribution < 1.29 is 0 Å². The second-order valence-corrected chi connectivity index (χ2v) is 10.9. The molecule has 2 atom stereocenters. The molecule has 0 bridgehead atoms. The van der Waals surface area contributed by atoms with Crippen LogP contribution in [-0.4, -0.2) is 5.84 Å². The van der Waals surface area contributed by atoms with Gasteiger partial charge in [-0.1, -0.05) is 152 Å². The number of rotatable bonds is 8. The van der Waals surface area contributed by atoms with Crippen LogP contribution in [0.3, 0.4) is 0 Å². The number of nitrogens with one attached hydrogen (secondary N) is 1. The monoisotopic (exact) mass is 556 g/mol. The zero-order valence-electron chi connectivity index (χ0n) is 24.7. The lowest BCUT2D eigenvalue weighted by molar-refractivity contribution is 0.703. The van der Waals surface area contributed by atoms with E-state index in [1.165, 1.54) is 22.3 Å². The lowest BCUT2D eigenvalue weighted by atomic mass is 9.87. The van der Waals surface area contributed by atoms with Crippen molar-refractivity contribution in [2.45, 2.75) is 25.9 Å². The van der Waals surface area contributed by atoms with Gasteiger partial charge in [0.05, 0.1) is 6.04 Å². The molecule has 0 aliphatic heterocycles. The van der Waals surface area contributed by atoms with Crippen molar-refractivity contribution in [3.63, 3.8) is 0 Å². The number of hydrogen-bond acceptors (Lipinski definition) is 1. The Labute approximate surface area is 255 Å². The Kier molecular flexibility index (Phi) is 8.56. The van der Waals surface area contributed by atoms with Crippen LogP contribution in [-0.2, 0) is 0 Å². The SMILES string of the molecule is CC(NC(=N[C@H](C)c1ccccc1)c1c(-c2ccccc2)cc(-c2ccccc2)cc1-c1ccccc1)c1ccccc1. The highest BCUT2D eigenvalue weighted by Crippen LogP contribution is 2.38. The van der Waals surface area contributed by atoms with Crippen LogP contribution >= 0.6 is 0 Å². The van der Waals surface area contributed by atoms with Gasteiger partial charge in [-0.25, -0.2) is 0 Å². The van der Waals surface area contributed by atoms with Crippen LogP contribution in [0.25, 0.3) is 33.4 Å². The summed E-state index contributed by atoms with van der Waals surface area (Å²) in [5.74, 6) is 0.880. The van der Waals surface area contributed by atoms with Crippen LogP contribution in [0, 0.1) is 0 Å². The van der Waals surface area contributed by atoms with Crippen LogP contribution in [0.5, 0.6) is 0 Å². The first-order valence-corrected chi connectivity index (χ1v) is 15.0. The van der Waals surface area contributed by atoms with Crippen molar-refractivity contribution in [3.05, 3.63) is 180 Å². The molecule has 6 rings (SSSR count). The lowest BCUT2D eigenvalue weighted by Crippen LogP contribution is -2.29. The Balaban J connectivity index is 1.64. The first kappa shape index (κ1) is 27.9. The van der Waals surface area contributed by atoms with Crippen LogP contribution in [0.15, 0.2) is 169 Å². The molecule has 6 aromatic rings. The maximum Gasteiger partial charge on any atom is 0.130 e. The highest BCUT2D eigenvalue weighted by molar-refractivity contribution is 6.11. The van der Waals surface area contributed by atoms with E-state index in [-0.39, 0.29) is 12.1 Å².